The summed E-state index contributed by atoms with van der Waals surface area (Å²) in [6.45, 7) is 0. The maximum atomic E-state index is 13.2. The van der Waals surface area contributed by atoms with Gasteiger partial charge in [0.25, 0.3) is 5.91 Å². The summed E-state index contributed by atoms with van der Waals surface area (Å²) in [5.74, 6) is -0.213. The van der Waals surface area contributed by atoms with Gasteiger partial charge < -0.3 is 4.42 Å². The Bertz CT molecular complexity index is 1150. The standard InChI is InChI=1S/C21H15F3N4O2/c22-21(23,24)15-9-4-5-10-16(15)25-26-20(29)18-13-17(19-11-6-12-30-19)27-28(18)14-7-2-1-3-8-14/h1-13,25H,(H,26,29). The van der Waals surface area contributed by atoms with Crippen molar-refractivity contribution in [1.29, 1.82) is 0 Å². The number of carbonyl (C=O) groups is 1. The lowest BCUT2D eigenvalue weighted by Crippen LogP contribution is -2.32. The summed E-state index contributed by atoms with van der Waals surface area (Å²) in [5.41, 5.74) is 4.64. The highest BCUT2D eigenvalue weighted by atomic mass is 19.4. The van der Waals surface area contributed by atoms with Gasteiger partial charge in [-0.3, -0.25) is 15.6 Å². The molecule has 2 N–H and O–H groups in total. The Labute approximate surface area is 168 Å². The average Bonchev–Trinajstić information content (AvgIpc) is 3.42. The maximum absolute atomic E-state index is 13.2. The number of hydrogen-bond acceptors (Lipinski definition) is 4. The fourth-order valence-electron chi connectivity index (χ4n) is 2.88. The van der Waals surface area contributed by atoms with Crippen LogP contribution in [0.5, 0.6) is 0 Å². The summed E-state index contributed by atoms with van der Waals surface area (Å²) in [6.07, 6.45) is -3.08. The van der Waals surface area contributed by atoms with Crippen molar-refractivity contribution in [3.05, 3.63) is 90.3 Å². The van der Waals surface area contributed by atoms with Crippen molar-refractivity contribution in [3.63, 3.8) is 0 Å². The van der Waals surface area contributed by atoms with Crippen LogP contribution in [0.15, 0.2) is 83.5 Å². The number of para-hydroxylation sites is 2. The summed E-state index contributed by atoms with van der Waals surface area (Å²) >= 11 is 0. The van der Waals surface area contributed by atoms with E-state index in [0.717, 1.165) is 6.07 Å². The van der Waals surface area contributed by atoms with E-state index in [1.54, 1.807) is 36.4 Å². The van der Waals surface area contributed by atoms with Crippen molar-refractivity contribution >= 4 is 11.6 Å². The number of carbonyl (C=O) groups excluding carboxylic acids is 1. The molecule has 0 fully saturated rings. The predicted molar refractivity (Wildman–Crippen MR) is 104 cm³/mol. The second-order valence-electron chi connectivity index (χ2n) is 6.26. The van der Waals surface area contributed by atoms with Gasteiger partial charge in [-0.05, 0) is 36.4 Å². The molecule has 2 heterocycles. The van der Waals surface area contributed by atoms with Crippen molar-refractivity contribution < 1.29 is 22.4 Å². The van der Waals surface area contributed by atoms with E-state index in [2.05, 4.69) is 16.0 Å². The zero-order valence-corrected chi connectivity index (χ0v) is 15.4. The Morgan fingerprint density at radius 2 is 1.70 bits per heavy atom. The zero-order valence-electron chi connectivity index (χ0n) is 15.4. The van der Waals surface area contributed by atoms with Gasteiger partial charge in [0.1, 0.15) is 11.4 Å². The number of amides is 1. The molecule has 0 bridgehead atoms. The van der Waals surface area contributed by atoms with Gasteiger partial charge in [-0.15, -0.1) is 0 Å². The lowest BCUT2D eigenvalue weighted by atomic mass is 10.2. The van der Waals surface area contributed by atoms with Crippen molar-refractivity contribution in [3.8, 4) is 17.1 Å². The average molecular weight is 412 g/mol. The number of furan rings is 1. The van der Waals surface area contributed by atoms with E-state index in [4.69, 9.17) is 4.42 Å². The van der Waals surface area contributed by atoms with Gasteiger partial charge >= 0.3 is 6.18 Å². The van der Waals surface area contributed by atoms with Gasteiger partial charge in [-0.2, -0.15) is 18.3 Å². The number of nitrogens with zero attached hydrogens (tertiary/aromatic N) is 2. The number of halogens is 3. The molecule has 0 atom stereocenters. The van der Waals surface area contributed by atoms with E-state index in [1.165, 1.54) is 35.2 Å². The van der Waals surface area contributed by atoms with E-state index in [9.17, 15) is 18.0 Å². The second-order valence-corrected chi connectivity index (χ2v) is 6.26. The number of alkyl halides is 3. The van der Waals surface area contributed by atoms with Gasteiger partial charge in [0.05, 0.1) is 23.2 Å². The summed E-state index contributed by atoms with van der Waals surface area (Å²) < 4.78 is 46.2. The lowest BCUT2D eigenvalue weighted by Gasteiger charge is -2.15. The molecule has 0 aliphatic heterocycles. The van der Waals surface area contributed by atoms with E-state index in [-0.39, 0.29) is 11.4 Å². The van der Waals surface area contributed by atoms with Gasteiger partial charge in [-0.25, -0.2) is 4.68 Å². The van der Waals surface area contributed by atoms with Crippen LogP contribution in [0.25, 0.3) is 17.1 Å². The normalized spacial score (nSPS) is 11.3. The smallest absolute Gasteiger partial charge is 0.418 e. The summed E-state index contributed by atoms with van der Waals surface area (Å²) in [5, 5.41) is 4.41. The first kappa shape index (κ1) is 19.3. The molecular formula is C21H15F3N4O2. The Balaban J connectivity index is 1.65. The lowest BCUT2D eigenvalue weighted by molar-refractivity contribution is -0.137. The molecule has 2 aromatic heterocycles. The van der Waals surface area contributed by atoms with Gasteiger partial charge in [0.2, 0.25) is 0 Å². The third kappa shape index (κ3) is 3.90. The monoisotopic (exact) mass is 412 g/mol. The van der Waals surface area contributed by atoms with Crippen LogP contribution in [0.3, 0.4) is 0 Å². The third-order valence-electron chi connectivity index (χ3n) is 4.26. The fraction of sp³-hybridized carbons (Fsp3) is 0.0476. The first-order chi connectivity index (χ1) is 14.4. The molecule has 0 radical (unpaired) electrons. The van der Waals surface area contributed by atoms with Crippen LogP contribution in [-0.2, 0) is 6.18 Å². The molecule has 6 nitrogen and oxygen atoms in total. The molecule has 2 aromatic carbocycles. The maximum Gasteiger partial charge on any atom is 0.418 e. The SMILES string of the molecule is O=C(NNc1ccccc1C(F)(F)F)c1cc(-c2ccco2)nn1-c1ccccc1. The molecule has 0 saturated carbocycles. The Morgan fingerprint density at radius 3 is 2.40 bits per heavy atom. The van der Waals surface area contributed by atoms with Crippen LogP contribution in [0.2, 0.25) is 0 Å². The van der Waals surface area contributed by atoms with Crippen LogP contribution >= 0.6 is 0 Å². The molecule has 0 saturated heterocycles. The van der Waals surface area contributed by atoms with Gasteiger partial charge in [-0.1, -0.05) is 30.3 Å². The number of rotatable bonds is 5. The summed E-state index contributed by atoms with van der Waals surface area (Å²) in [7, 11) is 0. The van der Waals surface area contributed by atoms with Crippen LogP contribution in [-0.4, -0.2) is 15.7 Å². The van der Waals surface area contributed by atoms with E-state index in [1.807, 2.05) is 6.07 Å². The first-order valence-corrected chi connectivity index (χ1v) is 8.85. The third-order valence-corrected chi connectivity index (χ3v) is 4.26. The number of anilines is 1. The van der Waals surface area contributed by atoms with Gasteiger partial charge in [0.15, 0.2) is 5.76 Å². The van der Waals surface area contributed by atoms with E-state index >= 15 is 0 Å². The molecule has 9 heteroatoms. The number of hydrogen-bond donors (Lipinski definition) is 2. The van der Waals surface area contributed by atoms with E-state index < -0.39 is 17.6 Å². The fourth-order valence-corrected chi connectivity index (χ4v) is 2.88. The van der Waals surface area contributed by atoms with Crippen molar-refractivity contribution in [1.82, 2.24) is 15.2 Å². The number of benzene rings is 2. The molecule has 0 spiro atoms. The van der Waals surface area contributed by atoms with Crippen molar-refractivity contribution in [2.75, 3.05) is 5.43 Å². The molecule has 0 unspecified atom stereocenters. The highest BCUT2D eigenvalue weighted by Crippen LogP contribution is 2.34. The quantitative estimate of drug-likeness (QED) is 0.457. The Kier molecular flexibility index (Phi) is 5.01. The molecule has 4 aromatic rings. The van der Waals surface area contributed by atoms with E-state index in [0.29, 0.717) is 17.1 Å². The van der Waals surface area contributed by atoms with Crippen LogP contribution in [0, 0.1) is 0 Å². The highest BCUT2D eigenvalue weighted by Gasteiger charge is 2.33. The zero-order chi connectivity index (χ0) is 21.1. The van der Waals surface area contributed by atoms with Crippen molar-refractivity contribution in [2.45, 2.75) is 6.18 Å². The number of nitrogens with one attached hydrogen (secondary N) is 2. The van der Waals surface area contributed by atoms with Crippen LogP contribution in [0.1, 0.15) is 16.1 Å². The predicted octanol–water partition coefficient (Wildman–Crippen LogP) is 4.91. The highest BCUT2D eigenvalue weighted by molar-refractivity contribution is 5.95. The van der Waals surface area contributed by atoms with Crippen LogP contribution < -0.4 is 10.9 Å². The first-order valence-electron chi connectivity index (χ1n) is 8.85. The molecule has 30 heavy (non-hydrogen) atoms. The molecule has 0 aliphatic carbocycles. The number of aromatic nitrogens is 2. The summed E-state index contributed by atoms with van der Waals surface area (Å²) in [4.78, 5) is 12.8. The Hall–Kier alpha value is -4.01. The molecule has 0 aliphatic rings. The molecule has 152 valence electrons. The minimum atomic E-state index is -4.56. The minimum absolute atomic E-state index is 0.115. The molecular weight excluding hydrogens is 397 g/mol. The van der Waals surface area contributed by atoms with Gasteiger partial charge in [0, 0.05) is 6.07 Å². The molecule has 4 rings (SSSR count). The number of hydrazine groups is 1. The van der Waals surface area contributed by atoms with Crippen molar-refractivity contribution in [2.24, 2.45) is 0 Å². The van der Waals surface area contributed by atoms with Crippen LogP contribution in [0.4, 0.5) is 18.9 Å². The minimum Gasteiger partial charge on any atom is -0.463 e. The Morgan fingerprint density at radius 1 is 0.967 bits per heavy atom. The topological polar surface area (TPSA) is 72.1 Å². The second kappa shape index (κ2) is 7.78. The largest absolute Gasteiger partial charge is 0.463 e. The molecule has 1 amide bonds. The summed E-state index contributed by atoms with van der Waals surface area (Å²) in [6, 6.07) is 18.6.